The van der Waals surface area contributed by atoms with Crippen molar-refractivity contribution < 1.29 is 4.79 Å². The first-order valence-corrected chi connectivity index (χ1v) is 8.26. The van der Waals surface area contributed by atoms with Crippen LogP contribution in [0.25, 0.3) is 0 Å². The van der Waals surface area contributed by atoms with Crippen molar-refractivity contribution in [2.45, 2.75) is 34.2 Å². The molecule has 1 N–H and O–H groups in total. The van der Waals surface area contributed by atoms with E-state index in [-0.39, 0.29) is 5.91 Å². The molecule has 1 amide bonds. The summed E-state index contributed by atoms with van der Waals surface area (Å²) in [7, 11) is 1.81. The summed E-state index contributed by atoms with van der Waals surface area (Å²) in [5.41, 5.74) is 6.20. The standard InChI is InChI=1S/C19H23N5O/c1-12-7-6-8-16(9-12)10-24-15(4)18(14(3)22-24)20-19(25)17-11-23(5)21-13(17)2/h6-9,11H,10H2,1-5H3,(H,20,25). The number of hydrogen-bond acceptors (Lipinski definition) is 3. The zero-order valence-corrected chi connectivity index (χ0v) is 15.3. The highest BCUT2D eigenvalue weighted by Crippen LogP contribution is 2.22. The maximum absolute atomic E-state index is 12.6. The van der Waals surface area contributed by atoms with Gasteiger partial charge < -0.3 is 5.32 Å². The highest BCUT2D eigenvalue weighted by atomic mass is 16.1. The van der Waals surface area contributed by atoms with E-state index < -0.39 is 0 Å². The number of rotatable bonds is 4. The Hall–Kier alpha value is -2.89. The van der Waals surface area contributed by atoms with Crippen molar-refractivity contribution in [1.29, 1.82) is 0 Å². The van der Waals surface area contributed by atoms with Gasteiger partial charge in [0.05, 0.1) is 34.9 Å². The molecule has 6 heteroatoms. The molecule has 0 saturated carbocycles. The topological polar surface area (TPSA) is 64.7 Å². The molecule has 0 bridgehead atoms. The molecule has 2 heterocycles. The average molecular weight is 337 g/mol. The van der Waals surface area contributed by atoms with Crippen LogP contribution in [0.2, 0.25) is 0 Å². The molecule has 6 nitrogen and oxygen atoms in total. The second-order valence-electron chi connectivity index (χ2n) is 6.45. The van der Waals surface area contributed by atoms with E-state index in [1.54, 1.807) is 17.9 Å². The Bertz CT molecular complexity index is 935. The van der Waals surface area contributed by atoms with Crippen molar-refractivity contribution in [2.24, 2.45) is 7.05 Å². The van der Waals surface area contributed by atoms with Gasteiger partial charge >= 0.3 is 0 Å². The van der Waals surface area contributed by atoms with E-state index in [0.29, 0.717) is 17.8 Å². The normalized spacial score (nSPS) is 10.9. The highest BCUT2D eigenvalue weighted by molar-refractivity contribution is 6.05. The van der Waals surface area contributed by atoms with E-state index in [1.807, 2.05) is 31.5 Å². The summed E-state index contributed by atoms with van der Waals surface area (Å²) >= 11 is 0. The van der Waals surface area contributed by atoms with Gasteiger partial charge in [-0.2, -0.15) is 10.2 Å². The highest BCUT2D eigenvalue weighted by Gasteiger charge is 2.18. The molecule has 0 aliphatic rings. The maximum atomic E-state index is 12.6. The molecule has 0 fully saturated rings. The quantitative estimate of drug-likeness (QED) is 0.795. The van der Waals surface area contributed by atoms with Crippen molar-refractivity contribution in [3.05, 3.63) is 64.2 Å². The SMILES string of the molecule is Cc1cccc(Cn2nc(C)c(NC(=O)c3cn(C)nc3C)c2C)c1. The zero-order chi connectivity index (χ0) is 18.1. The molecular formula is C19H23N5O. The number of aromatic nitrogens is 4. The molecule has 3 rings (SSSR count). The van der Waals surface area contributed by atoms with Crippen molar-refractivity contribution in [3.8, 4) is 0 Å². The first-order valence-electron chi connectivity index (χ1n) is 8.26. The Morgan fingerprint density at radius 3 is 2.52 bits per heavy atom. The van der Waals surface area contributed by atoms with Gasteiger partial charge in [-0.05, 0) is 33.3 Å². The predicted molar refractivity (Wildman–Crippen MR) is 97.9 cm³/mol. The minimum absolute atomic E-state index is 0.160. The second-order valence-corrected chi connectivity index (χ2v) is 6.45. The van der Waals surface area contributed by atoms with Crippen LogP contribution in [0.4, 0.5) is 5.69 Å². The van der Waals surface area contributed by atoms with Gasteiger partial charge in [0.2, 0.25) is 0 Å². The molecule has 130 valence electrons. The van der Waals surface area contributed by atoms with Gasteiger partial charge in [-0.15, -0.1) is 0 Å². The first-order chi connectivity index (χ1) is 11.8. The molecule has 3 aromatic rings. The number of anilines is 1. The molecule has 1 aromatic carbocycles. The molecular weight excluding hydrogens is 314 g/mol. The fourth-order valence-corrected chi connectivity index (χ4v) is 3.02. The van der Waals surface area contributed by atoms with Gasteiger partial charge in [-0.1, -0.05) is 29.8 Å². The zero-order valence-electron chi connectivity index (χ0n) is 15.3. The summed E-state index contributed by atoms with van der Waals surface area (Å²) in [6.45, 7) is 8.46. The van der Waals surface area contributed by atoms with Crippen LogP contribution in [0.15, 0.2) is 30.5 Å². The number of nitrogens with one attached hydrogen (secondary N) is 1. The number of amides is 1. The van der Waals surface area contributed by atoms with Crippen LogP contribution in [-0.2, 0) is 13.6 Å². The number of hydrogen-bond donors (Lipinski definition) is 1. The molecule has 0 atom stereocenters. The van der Waals surface area contributed by atoms with Crippen LogP contribution < -0.4 is 5.32 Å². The Balaban J connectivity index is 1.84. The van der Waals surface area contributed by atoms with E-state index >= 15 is 0 Å². The fraction of sp³-hybridized carbons (Fsp3) is 0.316. The van der Waals surface area contributed by atoms with E-state index in [1.165, 1.54) is 11.1 Å². The molecule has 0 radical (unpaired) electrons. The van der Waals surface area contributed by atoms with E-state index in [0.717, 1.165) is 17.1 Å². The van der Waals surface area contributed by atoms with Gasteiger partial charge in [0.25, 0.3) is 5.91 Å². The second kappa shape index (κ2) is 6.55. The van der Waals surface area contributed by atoms with Crippen molar-refractivity contribution >= 4 is 11.6 Å². The molecule has 0 spiro atoms. The number of carbonyl (C=O) groups excluding carboxylic acids is 1. The Morgan fingerprint density at radius 1 is 1.12 bits per heavy atom. The summed E-state index contributed by atoms with van der Waals surface area (Å²) in [4.78, 5) is 12.6. The van der Waals surface area contributed by atoms with Gasteiger partial charge in [-0.3, -0.25) is 14.2 Å². The third kappa shape index (κ3) is 3.47. The third-order valence-electron chi connectivity index (χ3n) is 4.29. The first kappa shape index (κ1) is 17.0. The Kier molecular flexibility index (Phi) is 4.44. The van der Waals surface area contributed by atoms with E-state index in [4.69, 9.17) is 0 Å². The summed E-state index contributed by atoms with van der Waals surface area (Å²) in [6.07, 6.45) is 1.73. The van der Waals surface area contributed by atoms with Crippen LogP contribution in [0.1, 0.15) is 38.6 Å². The number of aryl methyl sites for hydroxylation is 4. The molecule has 0 aliphatic heterocycles. The van der Waals surface area contributed by atoms with Gasteiger partial charge in [0.1, 0.15) is 0 Å². The minimum Gasteiger partial charge on any atom is -0.319 e. The molecule has 0 saturated heterocycles. The lowest BCUT2D eigenvalue weighted by Gasteiger charge is -2.07. The Morgan fingerprint density at radius 2 is 1.88 bits per heavy atom. The predicted octanol–water partition coefficient (Wildman–Crippen LogP) is 3.15. The number of nitrogens with zero attached hydrogens (tertiary/aromatic N) is 4. The van der Waals surface area contributed by atoms with Crippen molar-refractivity contribution in [2.75, 3.05) is 5.32 Å². The van der Waals surface area contributed by atoms with Gasteiger partial charge in [0.15, 0.2) is 0 Å². The van der Waals surface area contributed by atoms with Crippen molar-refractivity contribution in [1.82, 2.24) is 19.6 Å². The van der Waals surface area contributed by atoms with Gasteiger partial charge in [-0.25, -0.2) is 0 Å². The van der Waals surface area contributed by atoms with Crippen LogP contribution >= 0.6 is 0 Å². The number of carbonyl (C=O) groups is 1. The summed E-state index contributed by atoms with van der Waals surface area (Å²) in [5, 5.41) is 11.8. The molecule has 0 aliphatic carbocycles. The molecule has 2 aromatic heterocycles. The Labute approximate surface area is 147 Å². The average Bonchev–Trinajstić information content (AvgIpc) is 3.01. The smallest absolute Gasteiger partial charge is 0.259 e. The molecule has 25 heavy (non-hydrogen) atoms. The summed E-state index contributed by atoms with van der Waals surface area (Å²) in [6, 6.07) is 8.35. The van der Waals surface area contributed by atoms with E-state index in [2.05, 4.69) is 40.6 Å². The molecule has 0 unspecified atom stereocenters. The third-order valence-corrected chi connectivity index (χ3v) is 4.29. The monoisotopic (exact) mass is 337 g/mol. The largest absolute Gasteiger partial charge is 0.319 e. The lowest BCUT2D eigenvalue weighted by Crippen LogP contribution is -2.14. The van der Waals surface area contributed by atoms with Crippen LogP contribution in [0.3, 0.4) is 0 Å². The van der Waals surface area contributed by atoms with Crippen LogP contribution in [0.5, 0.6) is 0 Å². The van der Waals surface area contributed by atoms with E-state index in [9.17, 15) is 4.79 Å². The lowest BCUT2D eigenvalue weighted by molar-refractivity contribution is 0.102. The maximum Gasteiger partial charge on any atom is 0.259 e. The summed E-state index contributed by atoms with van der Waals surface area (Å²) < 4.78 is 3.57. The number of benzene rings is 1. The fourth-order valence-electron chi connectivity index (χ4n) is 3.02. The van der Waals surface area contributed by atoms with Crippen molar-refractivity contribution in [3.63, 3.8) is 0 Å². The minimum atomic E-state index is -0.160. The van der Waals surface area contributed by atoms with Gasteiger partial charge in [0, 0.05) is 13.2 Å². The van der Waals surface area contributed by atoms with Crippen LogP contribution in [-0.4, -0.2) is 25.5 Å². The van der Waals surface area contributed by atoms with Crippen LogP contribution in [0, 0.1) is 27.7 Å². The summed E-state index contributed by atoms with van der Waals surface area (Å²) in [5.74, 6) is -0.160. The lowest BCUT2D eigenvalue weighted by atomic mass is 10.1.